The van der Waals surface area contributed by atoms with Crippen LogP contribution in [0.2, 0.25) is 0 Å². The fourth-order valence-electron chi connectivity index (χ4n) is 2.83. The van der Waals surface area contributed by atoms with Crippen LogP contribution in [-0.2, 0) is 4.74 Å². The molecule has 3 atom stereocenters. The third kappa shape index (κ3) is 3.58. The molecule has 0 aromatic carbocycles. The predicted molar refractivity (Wildman–Crippen MR) is 58.7 cm³/mol. The second-order valence-electron chi connectivity index (χ2n) is 5.18. The van der Waals surface area contributed by atoms with Crippen LogP contribution in [0.4, 0.5) is 13.2 Å². The molecule has 17 heavy (non-hydrogen) atoms. The van der Waals surface area contributed by atoms with Crippen molar-refractivity contribution in [1.82, 2.24) is 5.32 Å². The number of alkyl halides is 3. The van der Waals surface area contributed by atoms with Crippen LogP contribution in [0.25, 0.3) is 0 Å². The Bertz CT molecular complexity index is 238. The molecule has 0 aromatic heterocycles. The monoisotopic (exact) mass is 251 g/mol. The van der Waals surface area contributed by atoms with Crippen LogP contribution in [0.15, 0.2) is 0 Å². The van der Waals surface area contributed by atoms with Gasteiger partial charge in [0.2, 0.25) is 0 Å². The van der Waals surface area contributed by atoms with Gasteiger partial charge in [-0.05, 0) is 25.2 Å². The Labute approximate surface area is 99.9 Å². The van der Waals surface area contributed by atoms with E-state index in [1.54, 1.807) is 0 Å². The number of rotatable bonds is 3. The molecular weight excluding hydrogens is 231 g/mol. The molecule has 2 aliphatic rings. The van der Waals surface area contributed by atoms with Crippen LogP contribution in [0.1, 0.15) is 32.1 Å². The van der Waals surface area contributed by atoms with Crippen molar-refractivity contribution >= 4 is 0 Å². The maximum absolute atomic E-state index is 12.8. The zero-order valence-electron chi connectivity index (χ0n) is 9.93. The zero-order chi connectivity index (χ0) is 12.3. The Balaban J connectivity index is 1.83. The molecule has 1 N–H and O–H groups in total. The van der Waals surface area contributed by atoms with Crippen molar-refractivity contribution in [2.24, 2.45) is 11.8 Å². The SMILES string of the molecule is FC(F)(F)C1CCCCC1NCC1CCOC1. The summed E-state index contributed by atoms with van der Waals surface area (Å²) in [5, 5.41) is 3.12. The first-order chi connectivity index (χ1) is 8.07. The summed E-state index contributed by atoms with van der Waals surface area (Å²) < 4.78 is 43.7. The lowest BCUT2D eigenvalue weighted by Crippen LogP contribution is -2.46. The minimum atomic E-state index is -4.05. The number of hydrogen-bond donors (Lipinski definition) is 1. The maximum atomic E-state index is 12.8. The van der Waals surface area contributed by atoms with Crippen molar-refractivity contribution in [1.29, 1.82) is 0 Å². The Kier molecular flexibility index (Phi) is 4.31. The van der Waals surface area contributed by atoms with Crippen molar-refractivity contribution in [2.75, 3.05) is 19.8 Å². The van der Waals surface area contributed by atoms with Gasteiger partial charge >= 0.3 is 6.18 Å². The van der Waals surface area contributed by atoms with Gasteiger partial charge in [-0.3, -0.25) is 0 Å². The standard InChI is InChI=1S/C12H20F3NO/c13-12(14,15)10-3-1-2-4-11(10)16-7-9-5-6-17-8-9/h9-11,16H,1-8H2. The lowest BCUT2D eigenvalue weighted by atomic mass is 9.83. The molecule has 1 aliphatic heterocycles. The molecule has 1 saturated carbocycles. The molecule has 0 radical (unpaired) electrons. The molecule has 0 spiro atoms. The molecule has 1 saturated heterocycles. The fraction of sp³-hybridized carbons (Fsp3) is 1.00. The first-order valence-corrected chi connectivity index (χ1v) is 6.45. The van der Waals surface area contributed by atoms with E-state index in [-0.39, 0.29) is 12.5 Å². The van der Waals surface area contributed by atoms with E-state index in [1.165, 1.54) is 0 Å². The summed E-state index contributed by atoms with van der Waals surface area (Å²) in [7, 11) is 0. The summed E-state index contributed by atoms with van der Waals surface area (Å²) >= 11 is 0. The molecule has 100 valence electrons. The summed E-state index contributed by atoms with van der Waals surface area (Å²) in [4.78, 5) is 0. The first-order valence-electron chi connectivity index (χ1n) is 6.45. The van der Waals surface area contributed by atoms with Crippen molar-refractivity contribution in [3.63, 3.8) is 0 Å². The Morgan fingerprint density at radius 3 is 2.53 bits per heavy atom. The van der Waals surface area contributed by atoms with Crippen LogP contribution in [0.3, 0.4) is 0 Å². The van der Waals surface area contributed by atoms with Gasteiger partial charge in [0.15, 0.2) is 0 Å². The second-order valence-corrected chi connectivity index (χ2v) is 5.18. The van der Waals surface area contributed by atoms with Gasteiger partial charge in [-0.25, -0.2) is 0 Å². The van der Waals surface area contributed by atoms with Gasteiger partial charge in [-0.15, -0.1) is 0 Å². The highest BCUT2D eigenvalue weighted by Gasteiger charge is 2.45. The van der Waals surface area contributed by atoms with E-state index in [4.69, 9.17) is 4.74 Å². The summed E-state index contributed by atoms with van der Waals surface area (Å²) in [6, 6.07) is -0.385. The van der Waals surface area contributed by atoms with E-state index < -0.39 is 12.1 Å². The normalized spacial score (nSPS) is 35.1. The first kappa shape index (κ1) is 13.1. The Morgan fingerprint density at radius 1 is 1.12 bits per heavy atom. The smallest absolute Gasteiger partial charge is 0.381 e. The molecule has 2 nitrogen and oxygen atoms in total. The Hall–Kier alpha value is -0.290. The van der Waals surface area contributed by atoms with Crippen LogP contribution in [0.5, 0.6) is 0 Å². The van der Waals surface area contributed by atoms with Gasteiger partial charge in [0, 0.05) is 19.2 Å². The number of nitrogens with one attached hydrogen (secondary N) is 1. The molecule has 0 bridgehead atoms. The summed E-state index contributed by atoms with van der Waals surface area (Å²) in [6.07, 6.45) is -0.541. The van der Waals surface area contributed by atoms with Crippen LogP contribution in [-0.4, -0.2) is 32.0 Å². The summed E-state index contributed by atoms with van der Waals surface area (Å²) in [5.41, 5.74) is 0. The molecular formula is C12H20F3NO. The molecule has 0 amide bonds. The molecule has 2 rings (SSSR count). The highest BCUT2D eigenvalue weighted by atomic mass is 19.4. The minimum Gasteiger partial charge on any atom is -0.381 e. The molecule has 1 aliphatic carbocycles. The van der Waals surface area contributed by atoms with Crippen molar-refractivity contribution in [3.8, 4) is 0 Å². The lowest BCUT2D eigenvalue weighted by molar-refractivity contribution is -0.189. The van der Waals surface area contributed by atoms with Crippen LogP contribution < -0.4 is 5.32 Å². The van der Waals surface area contributed by atoms with Gasteiger partial charge in [0.1, 0.15) is 0 Å². The van der Waals surface area contributed by atoms with Gasteiger partial charge in [0.25, 0.3) is 0 Å². The summed E-state index contributed by atoms with van der Waals surface area (Å²) in [5.74, 6) is -0.760. The molecule has 2 fully saturated rings. The Morgan fingerprint density at radius 2 is 1.88 bits per heavy atom. The van der Waals surface area contributed by atoms with E-state index in [2.05, 4.69) is 5.32 Å². The quantitative estimate of drug-likeness (QED) is 0.832. The number of halogens is 3. The van der Waals surface area contributed by atoms with E-state index in [0.29, 0.717) is 31.9 Å². The third-order valence-corrected chi connectivity index (χ3v) is 3.88. The van der Waals surface area contributed by atoms with Gasteiger partial charge < -0.3 is 10.1 Å². The van der Waals surface area contributed by atoms with Crippen molar-refractivity contribution in [3.05, 3.63) is 0 Å². The van der Waals surface area contributed by atoms with Crippen molar-refractivity contribution in [2.45, 2.75) is 44.3 Å². The third-order valence-electron chi connectivity index (χ3n) is 3.88. The van der Waals surface area contributed by atoms with Crippen molar-refractivity contribution < 1.29 is 17.9 Å². The number of ether oxygens (including phenoxy) is 1. The highest BCUT2D eigenvalue weighted by Crippen LogP contribution is 2.37. The minimum absolute atomic E-state index is 0.280. The molecule has 1 heterocycles. The number of hydrogen-bond acceptors (Lipinski definition) is 2. The van der Waals surface area contributed by atoms with Crippen LogP contribution >= 0.6 is 0 Å². The zero-order valence-corrected chi connectivity index (χ0v) is 9.93. The lowest BCUT2D eigenvalue weighted by Gasteiger charge is -2.34. The largest absolute Gasteiger partial charge is 0.393 e. The topological polar surface area (TPSA) is 21.3 Å². The fourth-order valence-corrected chi connectivity index (χ4v) is 2.83. The average Bonchev–Trinajstić information content (AvgIpc) is 2.78. The molecule has 0 aromatic rings. The van der Waals surface area contributed by atoms with Crippen LogP contribution in [0, 0.1) is 11.8 Å². The highest BCUT2D eigenvalue weighted by molar-refractivity contribution is 4.86. The van der Waals surface area contributed by atoms with E-state index >= 15 is 0 Å². The molecule has 5 heteroatoms. The average molecular weight is 251 g/mol. The maximum Gasteiger partial charge on any atom is 0.393 e. The van der Waals surface area contributed by atoms with Gasteiger partial charge in [-0.2, -0.15) is 13.2 Å². The van der Waals surface area contributed by atoms with E-state index in [0.717, 1.165) is 19.4 Å². The van der Waals surface area contributed by atoms with E-state index in [9.17, 15) is 13.2 Å². The summed E-state index contributed by atoms with van der Waals surface area (Å²) in [6.45, 7) is 2.10. The molecule has 3 unspecified atom stereocenters. The predicted octanol–water partition coefficient (Wildman–Crippen LogP) is 2.73. The van der Waals surface area contributed by atoms with Gasteiger partial charge in [0.05, 0.1) is 12.5 Å². The van der Waals surface area contributed by atoms with Gasteiger partial charge in [-0.1, -0.05) is 12.8 Å². The van der Waals surface area contributed by atoms with E-state index in [1.807, 2.05) is 0 Å². The second kappa shape index (κ2) is 5.57.